The molecule has 0 aromatic heterocycles. The minimum absolute atomic E-state index is 0.0350. The number of nitrogens with zero attached hydrogens (tertiary/aromatic N) is 1. The van der Waals surface area contributed by atoms with Gasteiger partial charge < -0.3 is 0 Å². The highest BCUT2D eigenvalue weighted by Crippen LogP contribution is 2.12. The fraction of sp³-hybridized carbons (Fsp3) is 0. The van der Waals surface area contributed by atoms with Gasteiger partial charge in [0.2, 0.25) is 0 Å². The van der Waals surface area contributed by atoms with E-state index in [2.05, 4.69) is 0 Å². The van der Waals surface area contributed by atoms with Gasteiger partial charge in [-0.3, -0.25) is 24.9 Å². The molecule has 0 atom stereocenters. The van der Waals surface area contributed by atoms with Gasteiger partial charge in [0.05, 0.1) is 4.92 Å². The van der Waals surface area contributed by atoms with Crippen LogP contribution in [-0.4, -0.2) is 21.8 Å². The summed E-state index contributed by atoms with van der Waals surface area (Å²) >= 11 is 0. The summed E-state index contributed by atoms with van der Waals surface area (Å²) < 4.78 is 0. The zero-order valence-corrected chi connectivity index (χ0v) is 7.34. The number of nitro groups is 1. The lowest BCUT2D eigenvalue weighted by atomic mass is 10.1. The number of hydrogen-bond acceptors (Lipinski definition) is 5. The minimum Gasteiger partial charge on any atom is -0.288 e. The van der Waals surface area contributed by atoms with Crippen LogP contribution < -0.4 is 5.48 Å². The van der Waals surface area contributed by atoms with E-state index in [0.29, 0.717) is 0 Å². The van der Waals surface area contributed by atoms with E-state index in [-0.39, 0.29) is 11.3 Å². The highest BCUT2D eigenvalue weighted by molar-refractivity contribution is 6.42. The number of carbonyl (C=O) groups excluding carboxylic acids is 2. The Morgan fingerprint density at radius 1 is 1.27 bits per heavy atom. The van der Waals surface area contributed by atoms with Crippen LogP contribution in [0.15, 0.2) is 24.3 Å². The predicted octanol–water partition coefficient (Wildman–Crippen LogP) is 0.283. The SMILES string of the molecule is O=C(NO)C(=O)c1ccc([N+](=O)[O-])cc1. The zero-order valence-electron chi connectivity index (χ0n) is 7.34. The van der Waals surface area contributed by atoms with E-state index in [9.17, 15) is 19.7 Å². The lowest BCUT2D eigenvalue weighted by Gasteiger charge is -1.97. The van der Waals surface area contributed by atoms with Gasteiger partial charge in [-0.1, -0.05) is 0 Å². The molecule has 0 saturated heterocycles. The average molecular weight is 210 g/mol. The van der Waals surface area contributed by atoms with E-state index >= 15 is 0 Å². The van der Waals surface area contributed by atoms with Gasteiger partial charge >= 0.3 is 5.91 Å². The Balaban J connectivity index is 2.94. The van der Waals surface area contributed by atoms with Crippen molar-refractivity contribution in [2.75, 3.05) is 0 Å². The molecule has 15 heavy (non-hydrogen) atoms. The standard InChI is InChI=1S/C8H6N2O5/c11-7(8(12)9-13)5-1-3-6(4-2-5)10(14)15/h1-4,13H,(H,9,12). The van der Waals surface area contributed by atoms with E-state index in [0.717, 1.165) is 24.3 Å². The lowest BCUT2D eigenvalue weighted by molar-refractivity contribution is -0.384. The molecule has 1 aromatic carbocycles. The predicted molar refractivity (Wildman–Crippen MR) is 47.4 cm³/mol. The molecule has 0 bridgehead atoms. The van der Waals surface area contributed by atoms with E-state index in [1.807, 2.05) is 0 Å². The molecule has 78 valence electrons. The number of rotatable bonds is 3. The molecule has 7 heteroatoms. The third kappa shape index (κ3) is 2.35. The van der Waals surface area contributed by atoms with Crippen molar-refractivity contribution < 1.29 is 19.7 Å². The van der Waals surface area contributed by atoms with Crippen molar-refractivity contribution in [3.8, 4) is 0 Å². The Morgan fingerprint density at radius 2 is 1.80 bits per heavy atom. The number of non-ortho nitro benzene ring substituents is 1. The van der Waals surface area contributed by atoms with Crippen molar-refractivity contribution >= 4 is 17.4 Å². The van der Waals surface area contributed by atoms with E-state index in [1.54, 1.807) is 0 Å². The maximum Gasteiger partial charge on any atom is 0.315 e. The Labute approximate surface area is 83.4 Å². The van der Waals surface area contributed by atoms with Crippen LogP contribution in [0.3, 0.4) is 0 Å². The van der Waals surface area contributed by atoms with Gasteiger partial charge in [-0.15, -0.1) is 0 Å². The van der Waals surface area contributed by atoms with Gasteiger partial charge in [-0.2, -0.15) is 0 Å². The van der Waals surface area contributed by atoms with Crippen LogP contribution >= 0.6 is 0 Å². The number of nitro benzene ring substituents is 1. The highest BCUT2D eigenvalue weighted by Gasteiger charge is 2.16. The Morgan fingerprint density at radius 3 is 2.20 bits per heavy atom. The summed E-state index contributed by atoms with van der Waals surface area (Å²) in [5.74, 6) is -2.16. The molecule has 1 amide bonds. The van der Waals surface area contributed by atoms with Crippen LogP contribution in [0.5, 0.6) is 0 Å². The maximum absolute atomic E-state index is 11.1. The highest BCUT2D eigenvalue weighted by atomic mass is 16.6. The molecular formula is C8H6N2O5. The smallest absolute Gasteiger partial charge is 0.288 e. The normalized spacial score (nSPS) is 9.40. The molecule has 0 spiro atoms. The first-order chi connectivity index (χ1) is 7.06. The van der Waals surface area contributed by atoms with Crippen molar-refractivity contribution in [1.29, 1.82) is 0 Å². The van der Waals surface area contributed by atoms with E-state index in [1.165, 1.54) is 5.48 Å². The molecule has 0 radical (unpaired) electrons. The fourth-order valence-electron chi connectivity index (χ4n) is 0.916. The van der Waals surface area contributed by atoms with Crippen LogP contribution in [-0.2, 0) is 4.79 Å². The summed E-state index contributed by atoms with van der Waals surface area (Å²) in [7, 11) is 0. The molecule has 7 nitrogen and oxygen atoms in total. The van der Waals surface area contributed by atoms with Crippen LogP contribution in [0.4, 0.5) is 5.69 Å². The van der Waals surface area contributed by atoms with Crippen LogP contribution in [0, 0.1) is 10.1 Å². The summed E-state index contributed by atoms with van der Waals surface area (Å²) in [5.41, 5.74) is 0.959. The topological polar surface area (TPSA) is 110 Å². The van der Waals surface area contributed by atoms with Crippen LogP contribution in [0.2, 0.25) is 0 Å². The Bertz CT molecular complexity index is 412. The molecule has 1 rings (SSSR count). The minimum atomic E-state index is -1.19. The van der Waals surface area contributed by atoms with Gasteiger partial charge in [-0.05, 0) is 12.1 Å². The number of amides is 1. The number of ketones is 1. The Kier molecular flexibility index (Phi) is 3.09. The first kappa shape index (κ1) is 10.8. The van der Waals surface area contributed by atoms with Gasteiger partial charge in [-0.25, -0.2) is 5.48 Å². The largest absolute Gasteiger partial charge is 0.315 e. The number of Topliss-reactive ketones (excluding diaryl/α,β-unsaturated/α-hetero) is 1. The fourth-order valence-corrected chi connectivity index (χ4v) is 0.916. The maximum atomic E-state index is 11.1. The van der Waals surface area contributed by atoms with Crippen LogP contribution in [0.1, 0.15) is 10.4 Å². The molecule has 0 aliphatic heterocycles. The average Bonchev–Trinajstić information content (AvgIpc) is 2.27. The molecule has 0 unspecified atom stereocenters. The molecule has 0 fully saturated rings. The van der Waals surface area contributed by atoms with E-state index in [4.69, 9.17) is 5.21 Å². The number of carbonyl (C=O) groups is 2. The molecule has 1 aromatic rings. The van der Waals surface area contributed by atoms with Crippen molar-refractivity contribution in [2.24, 2.45) is 0 Å². The first-order valence-electron chi connectivity index (χ1n) is 3.79. The molecule has 0 saturated carbocycles. The number of hydrogen-bond donors (Lipinski definition) is 2. The molecule has 0 aliphatic carbocycles. The molecule has 0 aliphatic rings. The van der Waals surface area contributed by atoms with Gasteiger partial charge in [0.25, 0.3) is 11.5 Å². The summed E-state index contributed by atoms with van der Waals surface area (Å²) in [5, 5.41) is 18.5. The third-order valence-electron chi connectivity index (χ3n) is 1.65. The molecule has 0 heterocycles. The molecular weight excluding hydrogens is 204 g/mol. The second-order valence-corrected chi connectivity index (χ2v) is 2.57. The van der Waals surface area contributed by atoms with Gasteiger partial charge in [0.15, 0.2) is 0 Å². The summed E-state index contributed by atoms with van der Waals surface area (Å²) in [6.07, 6.45) is 0. The van der Waals surface area contributed by atoms with Crippen molar-refractivity contribution in [3.63, 3.8) is 0 Å². The number of nitrogens with one attached hydrogen (secondary N) is 1. The van der Waals surface area contributed by atoms with Gasteiger partial charge in [0.1, 0.15) is 0 Å². The van der Waals surface area contributed by atoms with Crippen LogP contribution in [0.25, 0.3) is 0 Å². The lowest BCUT2D eigenvalue weighted by Crippen LogP contribution is -2.27. The number of benzene rings is 1. The summed E-state index contributed by atoms with van der Waals surface area (Å²) in [4.78, 5) is 31.5. The van der Waals surface area contributed by atoms with Crippen molar-refractivity contribution in [2.45, 2.75) is 0 Å². The third-order valence-corrected chi connectivity index (χ3v) is 1.65. The number of hydroxylamine groups is 1. The summed E-state index contributed by atoms with van der Waals surface area (Å²) in [6, 6.07) is 4.46. The zero-order chi connectivity index (χ0) is 11.4. The summed E-state index contributed by atoms with van der Waals surface area (Å²) in [6.45, 7) is 0. The second-order valence-electron chi connectivity index (χ2n) is 2.57. The van der Waals surface area contributed by atoms with Gasteiger partial charge in [0, 0.05) is 17.7 Å². The first-order valence-corrected chi connectivity index (χ1v) is 3.79. The Hall–Kier alpha value is -2.28. The molecule has 2 N–H and O–H groups in total. The van der Waals surface area contributed by atoms with E-state index < -0.39 is 16.6 Å². The second kappa shape index (κ2) is 4.29. The monoisotopic (exact) mass is 210 g/mol. The van der Waals surface area contributed by atoms with Crippen molar-refractivity contribution in [1.82, 2.24) is 5.48 Å². The van der Waals surface area contributed by atoms with Crippen molar-refractivity contribution in [3.05, 3.63) is 39.9 Å². The quantitative estimate of drug-likeness (QED) is 0.245.